The summed E-state index contributed by atoms with van der Waals surface area (Å²) in [5, 5.41) is 4.66. The van der Waals surface area contributed by atoms with Crippen LogP contribution in [0, 0.1) is 11.8 Å². The van der Waals surface area contributed by atoms with E-state index in [1.165, 1.54) is 22.9 Å². The first-order valence-corrected chi connectivity index (χ1v) is 9.19. The van der Waals surface area contributed by atoms with Crippen LogP contribution < -0.4 is 10.2 Å². The number of nitrogens with one attached hydrogen (secondary N) is 1. The average molecular weight is 312 g/mol. The fraction of sp³-hybridized carbons (Fsp3) is 0.824. The minimum absolute atomic E-state index is 0.401. The van der Waals surface area contributed by atoms with E-state index in [-0.39, 0.29) is 0 Å². The predicted octanol–water partition coefficient (Wildman–Crippen LogP) is 4.71. The molecule has 122 valence electrons. The van der Waals surface area contributed by atoms with Crippen LogP contribution in [0.5, 0.6) is 0 Å². The molecule has 0 saturated heterocycles. The van der Waals surface area contributed by atoms with Crippen LogP contribution in [0.25, 0.3) is 0 Å². The van der Waals surface area contributed by atoms with Crippen LogP contribution >= 0.6 is 11.3 Å². The smallest absolute Gasteiger partial charge is 0.185 e. The van der Waals surface area contributed by atoms with Gasteiger partial charge in [0.2, 0.25) is 0 Å². The van der Waals surface area contributed by atoms with Crippen LogP contribution in [-0.2, 0) is 0 Å². The molecule has 0 aliphatic heterocycles. The Morgan fingerprint density at radius 3 is 2.14 bits per heavy atom. The average Bonchev–Trinajstić information content (AvgIpc) is 2.88. The summed E-state index contributed by atoms with van der Waals surface area (Å²) < 4.78 is 0. The first kappa shape index (κ1) is 18.4. The molecule has 0 aliphatic carbocycles. The van der Waals surface area contributed by atoms with Gasteiger partial charge in [0.05, 0.1) is 0 Å². The standard InChI is InChI=1S/C17H33N3S/c1-7-18-15(6)16-12-19-17(21-16)20(10-8-13(2)3)11-9-14(4)5/h12-15,18H,7-11H2,1-6H3. The zero-order valence-corrected chi connectivity index (χ0v) is 15.5. The van der Waals surface area contributed by atoms with Crippen LogP contribution in [-0.4, -0.2) is 24.6 Å². The van der Waals surface area contributed by atoms with Crippen molar-refractivity contribution in [3.63, 3.8) is 0 Å². The van der Waals surface area contributed by atoms with Crippen molar-refractivity contribution in [3.05, 3.63) is 11.1 Å². The number of aromatic nitrogens is 1. The molecule has 4 heteroatoms. The maximum atomic E-state index is 4.68. The molecular weight excluding hydrogens is 278 g/mol. The van der Waals surface area contributed by atoms with Gasteiger partial charge in [0, 0.05) is 30.2 Å². The molecular formula is C17H33N3S. The van der Waals surface area contributed by atoms with E-state index in [9.17, 15) is 0 Å². The molecule has 3 nitrogen and oxygen atoms in total. The number of nitrogens with zero attached hydrogens (tertiary/aromatic N) is 2. The molecule has 0 aromatic carbocycles. The molecule has 1 heterocycles. The second-order valence-electron chi connectivity index (χ2n) is 6.68. The van der Waals surface area contributed by atoms with Gasteiger partial charge < -0.3 is 10.2 Å². The summed E-state index contributed by atoms with van der Waals surface area (Å²) in [5.41, 5.74) is 0. The summed E-state index contributed by atoms with van der Waals surface area (Å²) in [6.45, 7) is 16.8. The fourth-order valence-electron chi connectivity index (χ4n) is 2.16. The number of thiazole rings is 1. The first-order chi connectivity index (χ1) is 9.93. The minimum atomic E-state index is 0.401. The molecule has 0 bridgehead atoms. The third kappa shape index (κ3) is 6.79. The monoisotopic (exact) mass is 311 g/mol. The highest BCUT2D eigenvalue weighted by Crippen LogP contribution is 2.28. The van der Waals surface area contributed by atoms with Crippen molar-refractivity contribution in [2.75, 3.05) is 24.5 Å². The van der Waals surface area contributed by atoms with Crippen molar-refractivity contribution in [1.82, 2.24) is 10.3 Å². The van der Waals surface area contributed by atoms with Crippen LogP contribution in [0.2, 0.25) is 0 Å². The van der Waals surface area contributed by atoms with Crippen LogP contribution in [0.1, 0.15) is 65.3 Å². The summed E-state index contributed by atoms with van der Waals surface area (Å²) >= 11 is 1.84. The topological polar surface area (TPSA) is 28.2 Å². The Bertz CT molecular complexity index is 375. The van der Waals surface area contributed by atoms with Gasteiger partial charge in [-0.3, -0.25) is 0 Å². The molecule has 1 aromatic rings. The van der Waals surface area contributed by atoms with Gasteiger partial charge in [-0.15, -0.1) is 11.3 Å². The Morgan fingerprint density at radius 2 is 1.67 bits per heavy atom. The molecule has 1 rings (SSSR count). The Morgan fingerprint density at radius 1 is 1.10 bits per heavy atom. The number of hydrogen-bond acceptors (Lipinski definition) is 4. The van der Waals surface area contributed by atoms with E-state index < -0.39 is 0 Å². The van der Waals surface area contributed by atoms with Crippen molar-refractivity contribution in [2.45, 2.75) is 60.4 Å². The molecule has 0 amide bonds. The maximum absolute atomic E-state index is 4.68. The third-order valence-electron chi connectivity index (χ3n) is 3.67. The SMILES string of the molecule is CCNC(C)c1cnc(N(CCC(C)C)CCC(C)C)s1. The van der Waals surface area contributed by atoms with E-state index in [4.69, 9.17) is 0 Å². The highest BCUT2D eigenvalue weighted by atomic mass is 32.1. The van der Waals surface area contributed by atoms with E-state index in [1.807, 2.05) is 17.5 Å². The van der Waals surface area contributed by atoms with Gasteiger partial charge >= 0.3 is 0 Å². The molecule has 0 saturated carbocycles. The summed E-state index contributed by atoms with van der Waals surface area (Å²) in [6.07, 6.45) is 4.51. The Kier molecular flexibility index (Phi) is 8.27. The molecule has 0 radical (unpaired) electrons. The maximum Gasteiger partial charge on any atom is 0.185 e. The fourth-order valence-corrected chi connectivity index (χ4v) is 3.15. The number of anilines is 1. The van der Waals surface area contributed by atoms with E-state index in [0.717, 1.165) is 31.5 Å². The largest absolute Gasteiger partial charge is 0.348 e. The molecule has 0 fully saturated rings. The number of hydrogen-bond donors (Lipinski definition) is 1. The van der Waals surface area contributed by atoms with E-state index in [0.29, 0.717) is 6.04 Å². The van der Waals surface area contributed by atoms with Gasteiger partial charge in [0.1, 0.15) is 0 Å². The van der Waals surface area contributed by atoms with Crippen molar-refractivity contribution < 1.29 is 0 Å². The van der Waals surface area contributed by atoms with Gasteiger partial charge in [0.15, 0.2) is 5.13 Å². The Balaban J connectivity index is 2.71. The van der Waals surface area contributed by atoms with E-state index >= 15 is 0 Å². The molecule has 1 atom stereocenters. The van der Waals surface area contributed by atoms with E-state index in [2.05, 4.69) is 56.7 Å². The first-order valence-electron chi connectivity index (χ1n) is 8.38. The quantitative estimate of drug-likeness (QED) is 0.678. The summed E-state index contributed by atoms with van der Waals surface area (Å²) in [7, 11) is 0. The lowest BCUT2D eigenvalue weighted by molar-refractivity contribution is 0.535. The Labute approximate surface area is 135 Å². The van der Waals surface area contributed by atoms with Gasteiger partial charge in [0.25, 0.3) is 0 Å². The van der Waals surface area contributed by atoms with Crippen LogP contribution in [0.15, 0.2) is 6.20 Å². The molecule has 1 N–H and O–H groups in total. The number of rotatable bonds is 10. The molecule has 0 spiro atoms. The zero-order chi connectivity index (χ0) is 15.8. The van der Waals surface area contributed by atoms with Crippen LogP contribution in [0.3, 0.4) is 0 Å². The lowest BCUT2D eigenvalue weighted by atomic mass is 10.1. The lowest BCUT2D eigenvalue weighted by Gasteiger charge is -2.23. The molecule has 1 aromatic heterocycles. The normalized spacial score (nSPS) is 13.1. The highest BCUT2D eigenvalue weighted by molar-refractivity contribution is 7.15. The third-order valence-corrected chi connectivity index (χ3v) is 4.91. The molecule has 0 aliphatic rings. The van der Waals surface area contributed by atoms with Gasteiger partial charge in [-0.05, 0) is 38.1 Å². The summed E-state index contributed by atoms with van der Waals surface area (Å²) in [6, 6.07) is 0.401. The highest BCUT2D eigenvalue weighted by Gasteiger charge is 2.15. The van der Waals surface area contributed by atoms with Crippen LogP contribution in [0.4, 0.5) is 5.13 Å². The van der Waals surface area contributed by atoms with E-state index in [1.54, 1.807) is 0 Å². The lowest BCUT2D eigenvalue weighted by Crippen LogP contribution is -2.27. The van der Waals surface area contributed by atoms with Gasteiger partial charge in [-0.25, -0.2) is 4.98 Å². The van der Waals surface area contributed by atoms with Gasteiger partial charge in [-0.1, -0.05) is 34.6 Å². The van der Waals surface area contributed by atoms with Crippen molar-refractivity contribution >= 4 is 16.5 Å². The summed E-state index contributed by atoms with van der Waals surface area (Å²) in [4.78, 5) is 8.50. The molecule has 1 unspecified atom stereocenters. The van der Waals surface area contributed by atoms with Crippen molar-refractivity contribution in [2.24, 2.45) is 11.8 Å². The van der Waals surface area contributed by atoms with Crippen molar-refractivity contribution in [3.8, 4) is 0 Å². The minimum Gasteiger partial charge on any atom is -0.348 e. The summed E-state index contributed by atoms with van der Waals surface area (Å²) in [5.74, 6) is 1.48. The molecule has 21 heavy (non-hydrogen) atoms. The second kappa shape index (κ2) is 9.42. The van der Waals surface area contributed by atoms with Crippen molar-refractivity contribution in [1.29, 1.82) is 0 Å². The predicted molar refractivity (Wildman–Crippen MR) is 95.3 cm³/mol. The Hall–Kier alpha value is -0.610. The van der Waals surface area contributed by atoms with Gasteiger partial charge in [-0.2, -0.15) is 0 Å². The second-order valence-corrected chi connectivity index (χ2v) is 7.72. The zero-order valence-electron chi connectivity index (χ0n) is 14.6.